The number of nitrogens with one attached hydrogen (secondary N) is 1. The van der Waals surface area contributed by atoms with Crippen LogP contribution in [0.15, 0.2) is 24.3 Å². The van der Waals surface area contributed by atoms with Gasteiger partial charge in [0.15, 0.2) is 0 Å². The molecule has 0 aromatic heterocycles. The molecular weight excluding hydrogens is 273 g/mol. The van der Waals surface area contributed by atoms with Crippen molar-refractivity contribution in [1.29, 1.82) is 0 Å². The highest BCUT2D eigenvalue weighted by molar-refractivity contribution is 5.22. The summed E-state index contributed by atoms with van der Waals surface area (Å²) in [6, 6.07) is 5.76. The van der Waals surface area contributed by atoms with Crippen LogP contribution >= 0.6 is 0 Å². The Morgan fingerprint density at radius 1 is 1.24 bits per heavy atom. The van der Waals surface area contributed by atoms with Gasteiger partial charge in [-0.2, -0.15) is 0 Å². The average molecular weight is 297 g/mol. The van der Waals surface area contributed by atoms with Gasteiger partial charge in [-0.25, -0.2) is 4.39 Å². The first-order chi connectivity index (χ1) is 10.2. The molecule has 0 heterocycles. The van der Waals surface area contributed by atoms with Gasteiger partial charge in [-0.05, 0) is 37.1 Å². The Morgan fingerprint density at radius 3 is 2.67 bits per heavy atom. The molecule has 1 saturated carbocycles. The highest BCUT2D eigenvalue weighted by atomic mass is 19.1. The van der Waals surface area contributed by atoms with Gasteiger partial charge >= 0.3 is 0 Å². The van der Waals surface area contributed by atoms with Crippen LogP contribution in [0.5, 0.6) is 5.75 Å². The van der Waals surface area contributed by atoms with Crippen molar-refractivity contribution in [2.45, 2.75) is 37.9 Å². The second kappa shape index (κ2) is 8.97. The summed E-state index contributed by atoms with van der Waals surface area (Å²) in [5, 5.41) is 12.9. The van der Waals surface area contributed by atoms with Crippen LogP contribution < -0.4 is 10.1 Å². The molecule has 5 heteroatoms. The van der Waals surface area contributed by atoms with Crippen LogP contribution in [-0.2, 0) is 4.74 Å². The van der Waals surface area contributed by atoms with Crippen molar-refractivity contribution in [2.75, 3.05) is 26.3 Å². The van der Waals surface area contributed by atoms with Crippen molar-refractivity contribution >= 4 is 0 Å². The lowest BCUT2D eigenvalue weighted by atomic mass is 10.3. The Hall–Kier alpha value is -1.17. The number of rotatable bonds is 9. The van der Waals surface area contributed by atoms with Gasteiger partial charge in [-0.15, -0.1) is 0 Å². The van der Waals surface area contributed by atoms with E-state index in [0.717, 1.165) is 6.54 Å². The van der Waals surface area contributed by atoms with Crippen LogP contribution in [0.1, 0.15) is 25.7 Å². The zero-order valence-corrected chi connectivity index (χ0v) is 12.3. The summed E-state index contributed by atoms with van der Waals surface area (Å²) in [5.74, 6) is 0.256. The number of aliphatic hydroxyl groups is 1. The van der Waals surface area contributed by atoms with Crippen LogP contribution in [0.4, 0.5) is 4.39 Å². The number of hydrogen-bond acceptors (Lipinski definition) is 4. The van der Waals surface area contributed by atoms with Gasteiger partial charge in [0.2, 0.25) is 0 Å². The van der Waals surface area contributed by atoms with Crippen molar-refractivity contribution < 1.29 is 19.0 Å². The minimum atomic E-state index is -0.596. The lowest BCUT2D eigenvalue weighted by Crippen LogP contribution is -2.33. The number of ether oxygens (including phenoxy) is 2. The van der Waals surface area contributed by atoms with Gasteiger partial charge in [0, 0.05) is 13.1 Å². The first-order valence-corrected chi connectivity index (χ1v) is 7.63. The van der Waals surface area contributed by atoms with Crippen molar-refractivity contribution in [1.82, 2.24) is 5.32 Å². The molecule has 1 aromatic rings. The van der Waals surface area contributed by atoms with Crippen molar-refractivity contribution in [3.63, 3.8) is 0 Å². The molecule has 1 atom stereocenters. The van der Waals surface area contributed by atoms with E-state index in [9.17, 15) is 9.50 Å². The van der Waals surface area contributed by atoms with E-state index in [1.807, 2.05) is 0 Å². The topological polar surface area (TPSA) is 50.7 Å². The van der Waals surface area contributed by atoms with Crippen molar-refractivity contribution in [3.8, 4) is 5.75 Å². The van der Waals surface area contributed by atoms with E-state index in [-0.39, 0.29) is 12.4 Å². The van der Waals surface area contributed by atoms with Crippen LogP contribution in [-0.4, -0.2) is 43.6 Å². The second-order valence-electron chi connectivity index (χ2n) is 5.40. The summed E-state index contributed by atoms with van der Waals surface area (Å²) < 4.78 is 23.8. The third kappa shape index (κ3) is 6.42. The van der Waals surface area contributed by atoms with E-state index >= 15 is 0 Å². The first-order valence-electron chi connectivity index (χ1n) is 7.63. The van der Waals surface area contributed by atoms with E-state index in [1.54, 1.807) is 12.1 Å². The van der Waals surface area contributed by atoms with Crippen LogP contribution in [0.2, 0.25) is 0 Å². The summed E-state index contributed by atoms with van der Waals surface area (Å²) >= 11 is 0. The van der Waals surface area contributed by atoms with Crippen LogP contribution in [0, 0.1) is 5.82 Å². The van der Waals surface area contributed by atoms with E-state index in [4.69, 9.17) is 9.47 Å². The highest BCUT2D eigenvalue weighted by Gasteiger charge is 2.14. The Bertz CT molecular complexity index is 393. The summed E-state index contributed by atoms with van der Waals surface area (Å²) in [7, 11) is 0. The zero-order valence-electron chi connectivity index (χ0n) is 12.3. The lowest BCUT2D eigenvalue weighted by molar-refractivity contribution is 0.0563. The largest absolute Gasteiger partial charge is 0.491 e. The molecule has 2 N–H and O–H groups in total. The fourth-order valence-electron chi connectivity index (χ4n) is 2.40. The standard InChI is InChI=1S/C16H24FNO3/c17-13-5-7-16(8-6-13)21-12-14(19)11-18-9-10-20-15-3-1-2-4-15/h5-8,14-15,18-19H,1-4,9-12H2. The minimum Gasteiger partial charge on any atom is -0.491 e. The van der Waals surface area contributed by atoms with Crippen molar-refractivity contribution in [3.05, 3.63) is 30.1 Å². The van der Waals surface area contributed by atoms with Gasteiger partial charge < -0.3 is 19.9 Å². The minimum absolute atomic E-state index is 0.183. The molecule has 1 aromatic carbocycles. The van der Waals surface area contributed by atoms with Crippen molar-refractivity contribution in [2.24, 2.45) is 0 Å². The summed E-state index contributed by atoms with van der Waals surface area (Å²) in [4.78, 5) is 0. The smallest absolute Gasteiger partial charge is 0.123 e. The summed E-state index contributed by atoms with van der Waals surface area (Å²) in [6.07, 6.45) is 4.73. The SMILES string of the molecule is OC(CNCCOC1CCCC1)COc1ccc(F)cc1. The third-order valence-electron chi connectivity index (χ3n) is 3.57. The Morgan fingerprint density at radius 2 is 1.95 bits per heavy atom. The van der Waals surface area contributed by atoms with Crippen LogP contribution in [0.25, 0.3) is 0 Å². The van der Waals surface area contributed by atoms with E-state index in [0.29, 0.717) is 25.0 Å². The number of halogens is 1. The Labute approximate surface area is 125 Å². The monoisotopic (exact) mass is 297 g/mol. The summed E-state index contributed by atoms with van der Waals surface area (Å²) in [6.45, 7) is 2.04. The Balaban J connectivity index is 1.49. The molecule has 0 saturated heterocycles. The molecule has 0 aliphatic heterocycles. The average Bonchev–Trinajstić information content (AvgIpc) is 2.99. The molecule has 1 unspecified atom stereocenters. The molecule has 0 bridgehead atoms. The highest BCUT2D eigenvalue weighted by Crippen LogP contribution is 2.20. The molecule has 1 aliphatic rings. The van der Waals surface area contributed by atoms with Gasteiger partial charge in [0.25, 0.3) is 0 Å². The van der Waals surface area contributed by atoms with E-state index in [1.165, 1.54) is 37.8 Å². The third-order valence-corrected chi connectivity index (χ3v) is 3.57. The molecule has 0 spiro atoms. The van der Waals surface area contributed by atoms with Gasteiger partial charge in [-0.3, -0.25) is 0 Å². The maximum absolute atomic E-state index is 12.7. The molecular formula is C16H24FNO3. The maximum atomic E-state index is 12.7. The van der Waals surface area contributed by atoms with Crippen LogP contribution in [0.3, 0.4) is 0 Å². The summed E-state index contributed by atoms with van der Waals surface area (Å²) in [5.41, 5.74) is 0. The number of benzene rings is 1. The first kappa shape index (κ1) is 16.2. The fourth-order valence-corrected chi connectivity index (χ4v) is 2.40. The second-order valence-corrected chi connectivity index (χ2v) is 5.40. The van der Waals surface area contributed by atoms with Gasteiger partial charge in [0.1, 0.15) is 24.3 Å². The predicted molar refractivity (Wildman–Crippen MR) is 79.0 cm³/mol. The Kier molecular flexibility index (Phi) is 6.92. The molecule has 4 nitrogen and oxygen atoms in total. The van der Waals surface area contributed by atoms with E-state index in [2.05, 4.69) is 5.32 Å². The predicted octanol–water partition coefficient (Wildman–Crippen LogP) is 2.11. The molecule has 2 rings (SSSR count). The molecule has 118 valence electrons. The molecule has 21 heavy (non-hydrogen) atoms. The molecule has 0 amide bonds. The van der Waals surface area contributed by atoms with Gasteiger partial charge in [-0.1, -0.05) is 12.8 Å². The molecule has 1 fully saturated rings. The number of hydrogen-bond donors (Lipinski definition) is 2. The van der Waals surface area contributed by atoms with Gasteiger partial charge in [0.05, 0.1) is 12.7 Å². The maximum Gasteiger partial charge on any atom is 0.123 e. The molecule has 0 radical (unpaired) electrons. The number of aliphatic hydroxyl groups excluding tert-OH is 1. The molecule has 1 aliphatic carbocycles. The fraction of sp³-hybridized carbons (Fsp3) is 0.625. The van der Waals surface area contributed by atoms with E-state index < -0.39 is 6.10 Å². The quantitative estimate of drug-likeness (QED) is 0.686. The normalized spacial score (nSPS) is 17.0. The lowest BCUT2D eigenvalue weighted by Gasteiger charge is -2.14. The zero-order chi connectivity index (χ0) is 14.9.